The van der Waals surface area contributed by atoms with E-state index in [0.29, 0.717) is 6.54 Å². The largest absolute Gasteiger partial charge is 0.378 e. The van der Waals surface area contributed by atoms with Crippen molar-refractivity contribution in [3.63, 3.8) is 0 Å². The average Bonchev–Trinajstić information content (AvgIpc) is 3.35. The molecule has 0 bridgehead atoms. The van der Waals surface area contributed by atoms with Crippen molar-refractivity contribution in [1.29, 1.82) is 0 Å². The number of hydrogen-bond donors (Lipinski definition) is 0. The van der Waals surface area contributed by atoms with Crippen LogP contribution in [0.2, 0.25) is 0 Å². The molecule has 28 heavy (non-hydrogen) atoms. The highest BCUT2D eigenvalue weighted by Gasteiger charge is 2.23. The second-order valence-corrected chi connectivity index (χ2v) is 9.01. The van der Waals surface area contributed by atoms with Crippen LogP contribution in [0.3, 0.4) is 0 Å². The summed E-state index contributed by atoms with van der Waals surface area (Å²) < 4.78 is 5.52. The number of thiophene rings is 2. The number of morpholine rings is 1. The third kappa shape index (κ3) is 3.99. The number of aryl methyl sites for hydroxylation is 1. The van der Waals surface area contributed by atoms with Crippen molar-refractivity contribution < 1.29 is 9.53 Å². The number of amides is 1. The van der Waals surface area contributed by atoms with Crippen molar-refractivity contribution in [2.75, 3.05) is 38.3 Å². The summed E-state index contributed by atoms with van der Waals surface area (Å²) in [6.07, 6.45) is 0. The average molecular weight is 413 g/mol. The molecule has 1 aromatic carbocycles. The van der Waals surface area contributed by atoms with E-state index in [1.165, 1.54) is 15.4 Å². The fourth-order valence-electron chi connectivity index (χ4n) is 3.35. The van der Waals surface area contributed by atoms with Gasteiger partial charge in [-0.05, 0) is 35.6 Å². The van der Waals surface area contributed by atoms with Crippen LogP contribution in [0.25, 0.3) is 11.1 Å². The Morgan fingerprint density at radius 1 is 1.18 bits per heavy atom. The first-order valence-electron chi connectivity index (χ1n) is 9.44. The molecule has 0 unspecified atom stereocenters. The minimum Gasteiger partial charge on any atom is -0.378 e. The van der Waals surface area contributed by atoms with Gasteiger partial charge in [0.1, 0.15) is 0 Å². The number of ether oxygens (including phenoxy) is 1. The summed E-state index contributed by atoms with van der Waals surface area (Å²) in [6, 6.07) is 14.5. The smallest absolute Gasteiger partial charge is 0.264 e. The molecule has 4 nitrogen and oxygen atoms in total. The SMILES string of the molecule is Cc1ccsc1CN(C)C(=O)c1cc(-c2ccccc2)c(N2CCOCC2)s1. The molecule has 6 heteroatoms. The van der Waals surface area contributed by atoms with Crippen LogP contribution in [-0.2, 0) is 11.3 Å². The van der Waals surface area contributed by atoms with Gasteiger partial charge in [0.15, 0.2) is 0 Å². The van der Waals surface area contributed by atoms with E-state index in [-0.39, 0.29) is 5.91 Å². The molecule has 2 aromatic heterocycles. The van der Waals surface area contributed by atoms with Crippen LogP contribution >= 0.6 is 22.7 Å². The molecule has 0 atom stereocenters. The number of hydrogen-bond acceptors (Lipinski definition) is 5. The zero-order chi connectivity index (χ0) is 19.5. The highest BCUT2D eigenvalue weighted by atomic mass is 32.1. The van der Waals surface area contributed by atoms with Crippen molar-refractivity contribution in [2.24, 2.45) is 0 Å². The molecule has 1 fully saturated rings. The van der Waals surface area contributed by atoms with Gasteiger partial charge in [0.2, 0.25) is 0 Å². The summed E-state index contributed by atoms with van der Waals surface area (Å²) in [7, 11) is 1.89. The Balaban J connectivity index is 1.64. The minimum atomic E-state index is 0.0782. The standard InChI is InChI=1S/C22H24N2O2S2/c1-16-8-13-27-20(16)15-23(2)21(25)19-14-18(17-6-4-3-5-7-17)22(28-19)24-9-11-26-12-10-24/h3-8,13-14H,9-12,15H2,1-2H3. The highest BCUT2D eigenvalue weighted by Crippen LogP contribution is 2.40. The van der Waals surface area contributed by atoms with Crippen LogP contribution in [-0.4, -0.2) is 44.2 Å². The van der Waals surface area contributed by atoms with Gasteiger partial charge in [-0.3, -0.25) is 4.79 Å². The zero-order valence-corrected chi connectivity index (χ0v) is 17.8. The second kappa shape index (κ2) is 8.47. The lowest BCUT2D eigenvalue weighted by Crippen LogP contribution is -2.35. The predicted molar refractivity (Wildman–Crippen MR) is 118 cm³/mol. The number of carbonyl (C=O) groups excluding carboxylic acids is 1. The van der Waals surface area contributed by atoms with Gasteiger partial charge < -0.3 is 14.5 Å². The number of nitrogens with zero attached hydrogens (tertiary/aromatic N) is 2. The maximum absolute atomic E-state index is 13.2. The van der Waals surface area contributed by atoms with E-state index in [1.54, 1.807) is 22.7 Å². The number of carbonyl (C=O) groups is 1. The summed E-state index contributed by atoms with van der Waals surface area (Å²) in [4.78, 5) is 19.4. The Morgan fingerprint density at radius 3 is 2.61 bits per heavy atom. The first kappa shape index (κ1) is 19.2. The molecule has 0 saturated carbocycles. The number of anilines is 1. The lowest BCUT2D eigenvalue weighted by molar-refractivity contribution is 0.0791. The van der Waals surface area contributed by atoms with E-state index in [1.807, 2.05) is 30.1 Å². The fraction of sp³-hybridized carbons (Fsp3) is 0.318. The van der Waals surface area contributed by atoms with E-state index in [2.05, 4.69) is 41.5 Å². The van der Waals surface area contributed by atoms with Gasteiger partial charge in [0, 0.05) is 30.6 Å². The normalized spacial score (nSPS) is 14.3. The third-order valence-corrected chi connectivity index (χ3v) is 7.19. The maximum atomic E-state index is 13.2. The highest BCUT2D eigenvalue weighted by molar-refractivity contribution is 7.18. The molecule has 1 saturated heterocycles. The topological polar surface area (TPSA) is 32.8 Å². The van der Waals surface area contributed by atoms with Crippen molar-refractivity contribution in [3.8, 4) is 11.1 Å². The molecule has 1 amide bonds. The van der Waals surface area contributed by atoms with Gasteiger partial charge in [-0.1, -0.05) is 30.3 Å². The molecular weight excluding hydrogens is 388 g/mol. The van der Waals surface area contributed by atoms with Crippen molar-refractivity contribution >= 4 is 33.6 Å². The molecular formula is C22H24N2O2S2. The zero-order valence-electron chi connectivity index (χ0n) is 16.2. The minimum absolute atomic E-state index is 0.0782. The van der Waals surface area contributed by atoms with Crippen LogP contribution < -0.4 is 4.90 Å². The van der Waals surface area contributed by atoms with Gasteiger partial charge in [-0.2, -0.15) is 0 Å². The monoisotopic (exact) mass is 412 g/mol. The molecule has 3 aromatic rings. The maximum Gasteiger partial charge on any atom is 0.264 e. The van der Waals surface area contributed by atoms with Crippen LogP contribution in [0.5, 0.6) is 0 Å². The van der Waals surface area contributed by atoms with Gasteiger partial charge in [-0.15, -0.1) is 22.7 Å². The quantitative estimate of drug-likeness (QED) is 0.598. The lowest BCUT2D eigenvalue weighted by Gasteiger charge is -2.28. The molecule has 0 radical (unpaired) electrons. The molecule has 146 valence electrons. The molecule has 0 spiro atoms. The lowest BCUT2D eigenvalue weighted by atomic mass is 10.1. The molecule has 0 N–H and O–H groups in total. The summed E-state index contributed by atoms with van der Waals surface area (Å²) in [5, 5.41) is 3.25. The van der Waals surface area contributed by atoms with Crippen LogP contribution in [0.4, 0.5) is 5.00 Å². The summed E-state index contributed by atoms with van der Waals surface area (Å²) in [5.74, 6) is 0.0782. The predicted octanol–water partition coefficient (Wildman–Crippen LogP) is 4.89. The third-order valence-electron chi connectivity index (χ3n) is 5.00. The Hall–Kier alpha value is -2.15. The first-order chi connectivity index (χ1) is 13.6. The van der Waals surface area contributed by atoms with Crippen molar-refractivity contribution in [2.45, 2.75) is 13.5 Å². The van der Waals surface area contributed by atoms with Gasteiger partial charge in [0.05, 0.1) is 29.6 Å². The van der Waals surface area contributed by atoms with Gasteiger partial charge in [-0.25, -0.2) is 0 Å². The van der Waals surface area contributed by atoms with E-state index in [0.717, 1.165) is 42.3 Å². The Morgan fingerprint density at radius 2 is 1.93 bits per heavy atom. The van der Waals surface area contributed by atoms with E-state index in [9.17, 15) is 4.79 Å². The van der Waals surface area contributed by atoms with Crippen LogP contribution in [0, 0.1) is 6.92 Å². The van der Waals surface area contributed by atoms with Crippen molar-refractivity contribution in [1.82, 2.24) is 4.90 Å². The Bertz CT molecular complexity index is 943. The molecule has 1 aliphatic rings. The summed E-state index contributed by atoms with van der Waals surface area (Å²) >= 11 is 3.30. The first-order valence-corrected chi connectivity index (χ1v) is 11.1. The van der Waals surface area contributed by atoms with E-state index >= 15 is 0 Å². The van der Waals surface area contributed by atoms with Crippen LogP contribution in [0.15, 0.2) is 47.8 Å². The Kier molecular flexibility index (Phi) is 5.80. The number of rotatable bonds is 5. The van der Waals surface area contributed by atoms with Crippen LogP contribution in [0.1, 0.15) is 20.1 Å². The number of benzene rings is 1. The molecule has 4 rings (SSSR count). The Labute approximate surface area is 174 Å². The van der Waals surface area contributed by atoms with Crippen molar-refractivity contribution in [3.05, 3.63) is 63.2 Å². The molecule has 0 aliphatic carbocycles. The van der Waals surface area contributed by atoms with E-state index in [4.69, 9.17) is 4.74 Å². The second-order valence-electron chi connectivity index (χ2n) is 6.98. The molecule has 3 heterocycles. The van der Waals surface area contributed by atoms with Gasteiger partial charge >= 0.3 is 0 Å². The van der Waals surface area contributed by atoms with E-state index < -0.39 is 0 Å². The summed E-state index contributed by atoms with van der Waals surface area (Å²) in [6.45, 7) is 5.92. The fourth-order valence-corrected chi connectivity index (χ4v) is 5.54. The molecule has 1 aliphatic heterocycles. The van der Waals surface area contributed by atoms with Gasteiger partial charge in [0.25, 0.3) is 5.91 Å². The summed E-state index contributed by atoms with van der Waals surface area (Å²) in [5.41, 5.74) is 3.53.